The molecule has 0 bridgehead atoms. The number of aliphatic hydroxyl groups excluding tert-OH is 1. The van der Waals surface area contributed by atoms with E-state index in [1.807, 2.05) is 0 Å². The summed E-state index contributed by atoms with van der Waals surface area (Å²) in [5.74, 6) is -0.661. The molecule has 0 aromatic heterocycles. The van der Waals surface area contributed by atoms with E-state index >= 15 is 0 Å². The molecule has 1 aromatic carbocycles. The Balaban J connectivity index is 3.14. The monoisotopic (exact) mass is 277 g/mol. The van der Waals surface area contributed by atoms with Crippen molar-refractivity contribution in [3.63, 3.8) is 0 Å². The van der Waals surface area contributed by atoms with Gasteiger partial charge in [0.15, 0.2) is 0 Å². The number of nitrogens with zero attached hydrogens (tertiary/aromatic N) is 1. The molecule has 0 aliphatic carbocycles. The van der Waals surface area contributed by atoms with E-state index in [1.165, 1.54) is 20.2 Å². The lowest BCUT2D eigenvalue weighted by Gasteiger charge is -2.18. The SMILES string of the molecule is COCCN(C)S(=O)(=O)c1cc(F)ccc1CO. The number of ether oxygens (including phenoxy) is 1. The lowest BCUT2D eigenvalue weighted by Crippen LogP contribution is -2.30. The zero-order valence-electron chi connectivity index (χ0n) is 10.3. The third kappa shape index (κ3) is 3.26. The highest BCUT2D eigenvalue weighted by atomic mass is 32.2. The molecule has 7 heteroatoms. The van der Waals surface area contributed by atoms with Crippen LogP contribution in [0.1, 0.15) is 5.56 Å². The van der Waals surface area contributed by atoms with Gasteiger partial charge in [0.25, 0.3) is 0 Å². The van der Waals surface area contributed by atoms with Crippen LogP contribution >= 0.6 is 0 Å². The lowest BCUT2D eigenvalue weighted by atomic mass is 10.2. The number of hydrogen-bond donors (Lipinski definition) is 1. The van der Waals surface area contributed by atoms with Gasteiger partial charge in [0.1, 0.15) is 5.82 Å². The van der Waals surface area contributed by atoms with Crippen molar-refractivity contribution in [1.82, 2.24) is 4.31 Å². The third-order valence-corrected chi connectivity index (χ3v) is 4.44. The average molecular weight is 277 g/mol. The predicted molar refractivity (Wildman–Crippen MR) is 64.0 cm³/mol. The number of benzene rings is 1. The number of hydrogen-bond acceptors (Lipinski definition) is 4. The molecule has 1 N–H and O–H groups in total. The summed E-state index contributed by atoms with van der Waals surface area (Å²) in [4.78, 5) is -0.219. The number of halogens is 1. The minimum absolute atomic E-state index is 0.153. The molecular weight excluding hydrogens is 261 g/mol. The van der Waals surface area contributed by atoms with Crippen molar-refractivity contribution in [2.24, 2.45) is 0 Å². The van der Waals surface area contributed by atoms with Crippen LogP contribution in [0.2, 0.25) is 0 Å². The van der Waals surface area contributed by atoms with Gasteiger partial charge >= 0.3 is 0 Å². The van der Waals surface area contributed by atoms with Crippen molar-refractivity contribution < 1.29 is 22.7 Å². The van der Waals surface area contributed by atoms with Crippen LogP contribution < -0.4 is 0 Å². The van der Waals surface area contributed by atoms with E-state index in [0.29, 0.717) is 0 Å². The van der Waals surface area contributed by atoms with Gasteiger partial charge in [0.05, 0.1) is 18.1 Å². The molecule has 0 aliphatic heterocycles. The Kier molecular flexibility index (Phi) is 5.21. The van der Waals surface area contributed by atoms with Gasteiger partial charge in [-0.2, -0.15) is 4.31 Å². The summed E-state index contributed by atoms with van der Waals surface area (Å²) in [6.45, 7) is -0.0767. The summed E-state index contributed by atoms with van der Waals surface area (Å²) >= 11 is 0. The molecule has 0 spiro atoms. The van der Waals surface area contributed by atoms with Crippen molar-refractivity contribution >= 4 is 10.0 Å². The molecule has 102 valence electrons. The Morgan fingerprint density at radius 2 is 2.11 bits per heavy atom. The van der Waals surface area contributed by atoms with Crippen molar-refractivity contribution in [3.8, 4) is 0 Å². The van der Waals surface area contributed by atoms with Gasteiger partial charge in [-0.25, -0.2) is 12.8 Å². The molecule has 5 nitrogen and oxygen atoms in total. The summed E-state index contributed by atoms with van der Waals surface area (Å²) < 4.78 is 43.3. The highest BCUT2D eigenvalue weighted by Crippen LogP contribution is 2.20. The maximum atomic E-state index is 13.1. The van der Waals surface area contributed by atoms with Gasteiger partial charge in [-0.3, -0.25) is 0 Å². The second-order valence-electron chi connectivity index (χ2n) is 3.73. The summed E-state index contributed by atoms with van der Waals surface area (Å²) in [5.41, 5.74) is 0.167. The second kappa shape index (κ2) is 6.24. The fourth-order valence-corrected chi connectivity index (χ4v) is 2.78. The summed E-state index contributed by atoms with van der Waals surface area (Å²) in [6, 6.07) is 3.27. The van der Waals surface area contributed by atoms with Crippen LogP contribution in [0.15, 0.2) is 23.1 Å². The van der Waals surface area contributed by atoms with E-state index in [4.69, 9.17) is 9.84 Å². The predicted octanol–water partition coefficient (Wildman–Crippen LogP) is 0.585. The molecule has 0 amide bonds. The standard InChI is InChI=1S/C11H16FNO4S/c1-13(5-6-17-2)18(15,16)11-7-10(12)4-3-9(11)8-14/h3-4,7,14H,5-6,8H2,1-2H3. The first kappa shape index (κ1) is 15.0. The Morgan fingerprint density at radius 1 is 1.44 bits per heavy atom. The first-order valence-electron chi connectivity index (χ1n) is 5.28. The summed E-state index contributed by atoms with van der Waals surface area (Å²) in [6.07, 6.45) is 0. The van der Waals surface area contributed by atoms with Crippen LogP contribution in [-0.4, -0.2) is 45.1 Å². The fraction of sp³-hybridized carbons (Fsp3) is 0.455. The highest BCUT2D eigenvalue weighted by Gasteiger charge is 2.24. The quantitative estimate of drug-likeness (QED) is 0.826. The molecule has 1 aromatic rings. The third-order valence-electron chi connectivity index (χ3n) is 2.50. The maximum Gasteiger partial charge on any atom is 0.243 e. The molecule has 0 atom stereocenters. The van der Waals surface area contributed by atoms with Gasteiger partial charge in [-0.15, -0.1) is 0 Å². The van der Waals surface area contributed by atoms with Crippen LogP contribution in [0.25, 0.3) is 0 Å². The van der Waals surface area contributed by atoms with Crippen LogP contribution in [0.5, 0.6) is 0 Å². The number of rotatable bonds is 6. The number of aliphatic hydroxyl groups is 1. The normalized spacial score (nSPS) is 12.1. The molecular formula is C11H16FNO4S. The van der Waals surface area contributed by atoms with E-state index in [9.17, 15) is 12.8 Å². The Labute approximate surface area is 106 Å². The van der Waals surface area contributed by atoms with Gasteiger partial charge in [-0.05, 0) is 17.7 Å². The molecule has 0 aliphatic rings. The van der Waals surface area contributed by atoms with Gasteiger partial charge in [0.2, 0.25) is 10.0 Å². The topological polar surface area (TPSA) is 66.8 Å². The first-order valence-corrected chi connectivity index (χ1v) is 6.72. The zero-order chi connectivity index (χ0) is 13.8. The number of sulfonamides is 1. The maximum absolute atomic E-state index is 13.1. The summed E-state index contributed by atoms with van der Waals surface area (Å²) in [5, 5.41) is 9.10. The molecule has 0 radical (unpaired) electrons. The smallest absolute Gasteiger partial charge is 0.243 e. The Morgan fingerprint density at radius 3 is 2.67 bits per heavy atom. The van der Waals surface area contributed by atoms with Gasteiger partial charge in [0, 0.05) is 20.7 Å². The Hall–Kier alpha value is -1.02. The van der Waals surface area contributed by atoms with Gasteiger partial charge in [-0.1, -0.05) is 6.07 Å². The summed E-state index contributed by atoms with van der Waals surface area (Å²) in [7, 11) is -0.988. The largest absolute Gasteiger partial charge is 0.392 e. The van der Waals surface area contributed by atoms with E-state index in [0.717, 1.165) is 16.4 Å². The van der Waals surface area contributed by atoms with Crippen LogP contribution in [0.4, 0.5) is 4.39 Å². The van der Waals surface area contributed by atoms with Gasteiger partial charge < -0.3 is 9.84 Å². The molecule has 0 saturated carbocycles. The van der Waals surface area contributed by atoms with Crippen molar-refractivity contribution in [2.45, 2.75) is 11.5 Å². The van der Waals surface area contributed by atoms with E-state index in [1.54, 1.807) is 0 Å². The van der Waals surface area contributed by atoms with Crippen molar-refractivity contribution in [1.29, 1.82) is 0 Å². The van der Waals surface area contributed by atoms with Crippen molar-refractivity contribution in [2.75, 3.05) is 27.3 Å². The van der Waals surface area contributed by atoms with Crippen LogP contribution in [-0.2, 0) is 21.4 Å². The first-order chi connectivity index (χ1) is 8.43. The zero-order valence-corrected chi connectivity index (χ0v) is 11.1. The highest BCUT2D eigenvalue weighted by molar-refractivity contribution is 7.89. The number of methoxy groups -OCH3 is 1. The van der Waals surface area contributed by atoms with Crippen LogP contribution in [0, 0.1) is 5.82 Å². The van der Waals surface area contributed by atoms with Crippen LogP contribution in [0.3, 0.4) is 0 Å². The molecule has 0 fully saturated rings. The minimum Gasteiger partial charge on any atom is -0.392 e. The van der Waals surface area contributed by atoms with E-state index in [2.05, 4.69) is 0 Å². The second-order valence-corrected chi connectivity index (χ2v) is 5.74. The Bertz CT molecular complexity index is 504. The molecule has 0 saturated heterocycles. The number of likely N-dealkylation sites (N-methyl/N-ethyl adjacent to an activating group) is 1. The molecule has 1 rings (SSSR count). The fourth-order valence-electron chi connectivity index (χ4n) is 1.41. The van der Waals surface area contributed by atoms with E-state index < -0.39 is 22.4 Å². The molecule has 0 unspecified atom stereocenters. The molecule has 0 heterocycles. The molecule has 18 heavy (non-hydrogen) atoms. The van der Waals surface area contributed by atoms with E-state index in [-0.39, 0.29) is 23.6 Å². The lowest BCUT2D eigenvalue weighted by molar-refractivity contribution is 0.185. The van der Waals surface area contributed by atoms with Crippen molar-refractivity contribution in [3.05, 3.63) is 29.6 Å². The average Bonchev–Trinajstić information content (AvgIpc) is 2.35. The minimum atomic E-state index is -3.82.